The van der Waals surface area contributed by atoms with Crippen LogP contribution in [0.25, 0.3) is 0 Å². The zero-order chi connectivity index (χ0) is 8.27. The van der Waals surface area contributed by atoms with Crippen molar-refractivity contribution in [1.82, 2.24) is 4.90 Å². The van der Waals surface area contributed by atoms with E-state index in [9.17, 15) is 4.79 Å². The van der Waals surface area contributed by atoms with Gasteiger partial charge in [0, 0.05) is 0 Å². The van der Waals surface area contributed by atoms with Gasteiger partial charge in [-0.2, -0.15) is 0 Å². The van der Waals surface area contributed by atoms with Crippen molar-refractivity contribution >= 4 is 15.7 Å². The fourth-order valence-corrected chi connectivity index (χ4v) is 3.27. The van der Waals surface area contributed by atoms with Gasteiger partial charge in [-0.15, -0.1) is 0 Å². The minimum absolute atomic E-state index is 0.160. The first-order valence-corrected chi connectivity index (χ1v) is 7.46. The second-order valence-electron chi connectivity index (χ2n) is 2.06. The first-order valence-electron chi connectivity index (χ1n) is 3.07. The van der Waals surface area contributed by atoms with Gasteiger partial charge in [0.05, 0.1) is 0 Å². The van der Waals surface area contributed by atoms with Gasteiger partial charge in [0.1, 0.15) is 0 Å². The Morgan fingerprint density at radius 1 is 1.91 bits per heavy atom. The summed E-state index contributed by atoms with van der Waals surface area (Å²) in [5.74, 6) is 1.50. The van der Waals surface area contributed by atoms with Gasteiger partial charge < -0.3 is 0 Å². The van der Waals surface area contributed by atoms with Gasteiger partial charge in [0.25, 0.3) is 0 Å². The van der Waals surface area contributed by atoms with Crippen molar-refractivity contribution in [2.45, 2.75) is 6.04 Å². The first kappa shape index (κ1) is 9.13. The van der Waals surface area contributed by atoms with Gasteiger partial charge in [-0.05, 0) is 0 Å². The van der Waals surface area contributed by atoms with Crippen LogP contribution in [-0.2, 0) is 0 Å². The van der Waals surface area contributed by atoms with Gasteiger partial charge in [0.2, 0.25) is 0 Å². The van der Waals surface area contributed by atoms with E-state index in [2.05, 4.69) is 6.07 Å². The van der Waals surface area contributed by atoms with Crippen molar-refractivity contribution in [3.8, 4) is 6.07 Å². The van der Waals surface area contributed by atoms with E-state index in [1.807, 2.05) is 4.93 Å². The predicted octanol–water partition coefficient (Wildman–Crippen LogP) is -2.28. The van der Waals surface area contributed by atoms with Crippen molar-refractivity contribution in [2.24, 2.45) is 0 Å². The third kappa shape index (κ3) is 1.99. The molecule has 0 saturated carbocycles. The molecule has 1 amide bonds. The van der Waals surface area contributed by atoms with Crippen molar-refractivity contribution in [3.05, 3.63) is 0 Å². The summed E-state index contributed by atoms with van der Waals surface area (Å²) in [7, 11) is 0. The molecule has 0 N–H and O–H groups in total. The molecule has 1 heterocycles. The molecule has 1 unspecified atom stereocenters. The van der Waals surface area contributed by atoms with E-state index >= 15 is 0 Å². The van der Waals surface area contributed by atoms with Crippen LogP contribution in [0, 0.1) is 11.3 Å². The molecule has 0 aromatic heterocycles. The van der Waals surface area contributed by atoms with Crippen LogP contribution in [0.1, 0.15) is 0 Å². The summed E-state index contributed by atoms with van der Waals surface area (Å²) < 4.78 is 0.195. The number of rotatable bonds is 1. The summed E-state index contributed by atoms with van der Waals surface area (Å²) in [5.41, 5.74) is 0. The van der Waals surface area contributed by atoms with Crippen molar-refractivity contribution in [1.29, 1.82) is 5.26 Å². The second-order valence-corrected chi connectivity index (χ2v) is 5.06. The Kier molecular flexibility index (Phi) is 3.45. The summed E-state index contributed by atoms with van der Waals surface area (Å²) in [6.07, 6.45) is 0. The number of alkyl halides is 1. The molecular formula is C6H8IN2OS-. The van der Waals surface area contributed by atoms with E-state index in [0.717, 1.165) is 5.75 Å². The zero-order valence-electron chi connectivity index (χ0n) is 6.08. The van der Waals surface area contributed by atoms with Crippen molar-refractivity contribution in [3.63, 3.8) is 0 Å². The molecule has 1 aliphatic heterocycles. The molecule has 1 aliphatic rings. The molecule has 0 aromatic rings. The van der Waals surface area contributed by atoms with Crippen LogP contribution in [0.15, 0.2) is 0 Å². The Bertz CT molecular complexity index is 203. The predicted molar refractivity (Wildman–Crippen MR) is 39.9 cm³/mol. The number of thioether (sulfide) groups is 1. The molecular weight excluding hydrogens is 275 g/mol. The van der Waals surface area contributed by atoms with Crippen LogP contribution >= 0.6 is 11.8 Å². The Labute approximate surface area is 80.4 Å². The van der Waals surface area contributed by atoms with E-state index in [1.165, 1.54) is 0 Å². The number of hydrogen-bond donors (Lipinski definition) is 0. The molecule has 0 spiro atoms. The Morgan fingerprint density at radius 3 is 3.18 bits per heavy atom. The summed E-state index contributed by atoms with van der Waals surface area (Å²) in [6.45, 7) is 0. The SMILES string of the molecule is C[I-]C(=O)N1CSCC1C#N. The second kappa shape index (κ2) is 4.16. The average molecular weight is 283 g/mol. The molecule has 1 saturated heterocycles. The van der Waals surface area contributed by atoms with Crippen LogP contribution in [0.4, 0.5) is 4.79 Å². The van der Waals surface area contributed by atoms with E-state index in [-0.39, 0.29) is 31.2 Å². The number of carbonyl (C=O) groups is 1. The number of hydrogen-bond acceptors (Lipinski definition) is 3. The Morgan fingerprint density at radius 2 is 2.64 bits per heavy atom. The molecule has 5 heteroatoms. The molecule has 0 bridgehead atoms. The normalized spacial score (nSPS) is 23.6. The molecule has 0 aliphatic carbocycles. The number of amides is 1. The maximum absolute atomic E-state index is 11.2. The number of nitriles is 1. The number of halogens is 1. The molecule has 1 atom stereocenters. The van der Waals surface area contributed by atoms with Crippen LogP contribution in [0.3, 0.4) is 0 Å². The first-order chi connectivity index (χ1) is 5.29. The summed E-state index contributed by atoms with van der Waals surface area (Å²) in [5, 5.41) is 8.64. The Balaban J connectivity index is 2.58. The average Bonchev–Trinajstić information content (AvgIpc) is 2.50. The monoisotopic (exact) mass is 283 g/mol. The van der Waals surface area contributed by atoms with Gasteiger partial charge in [-0.3, -0.25) is 0 Å². The minimum atomic E-state index is -0.379. The van der Waals surface area contributed by atoms with Crippen molar-refractivity contribution < 1.29 is 26.0 Å². The van der Waals surface area contributed by atoms with Gasteiger partial charge >= 0.3 is 80.5 Å². The van der Waals surface area contributed by atoms with Crippen LogP contribution in [0.5, 0.6) is 0 Å². The van der Waals surface area contributed by atoms with Gasteiger partial charge in [0.15, 0.2) is 0 Å². The molecule has 0 aromatic carbocycles. The van der Waals surface area contributed by atoms with E-state index in [0.29, 0.717) is 5.88 Å². The molecule has 1 fully saturated rings. The third-order valence-electron chi connectivity index (χ3n) is 1.42. The van der Waals surface area contributed by atoms with E-state index < -0.39 is 0 Å². The fourth-order valence-electron chi connectivity index (χ4n) is 0.831. The van der Waals surface area contributed by atoms with Crippen LogP contribution in [-0.4, -0.2) is 31.4 Å². The van der Waals surface area contributed by atoms with E-state index in [4.69, 9.17) is 5.26 Å². The van der Waals surface area contributed by atoms with Crippen LogP contribution in [0.2, 0.25) is 0 Å². The fraction of sp³-hybridized carbons (Fsp3) is 0.667. The van der Waals surface area contributed by atoms with Crippen molar-refractivity contribution in [2.75, 3.05) is 16.6 Å². The standard InChI is InChI=1S/C6H8IN2OS/c1-7-6(10)9-4-11-3-5(9)2-8/h5H,3-4H2,1H3/q-1. The third-order valence-corrected chi connectivity index (χ3v) is 3.97. The number of carbonyl (C=O) groups excluding carboxylic acids is 1. The molecule has 1 rings (SSSR count). The molecule has 11 heavy (non-hydrogen) atoms. The summed E-state index contributed by atoms with van der Waals surface area (Å²) >= 11 is 1.28. The van der Waals surface area contributed by atoms with E-state index in [1.54, 1.807) is 16.7 Å². The zero-order valence-corrected chi connectivity index (χ0v) is 9.05. The molecule has 62 valence electrons. The topological polar surface area (TPSA) is 44.1 Å². The summed E-state index contributed by atoms with van der Waals surface area (Å²) in [4.78, 5) is 14.8. The van der Waals surface area contributed by atoms with Gasteiger partial charge in [-0.1, -0.05) is 0 Å². The molecule has 0 radical (unpaired) electrons. The number of nitrogens with zero attached hydrogens (tertiary/aromatic N) is 2. The van der Waals surface area contributed by atoms with Gasteiger partial charge in [-0.25, -0.2) is 0 Å². The Hall–Kier alpha value is 0.0400. The molecule has 3 nitrogen and oxygen atoms in total. The summed E-state index contributed by atoms with van der Waals surface area (Å²) in [6, 6.07) is 1.97. The quantitative estimate of drug-likeness (QED) is 0.236. The van der Waals surface area contributed by atoms with Crippen LogP contribution < -0.4 is 21.2 Å². The maximum atomic E-state index is 11.2.